The average molecular weight is 418 g/mol. The normalized spacial score (nSPS) is 10.8. The van der Waals surface area contributed by atoms with Crippen LogP contribution in [0.3, 0.4) is 0 Å². The van der Waals surface area contributed by atoms with Crippen molar-refractivity contribution in [3.05, 3.63) is 95.2 Å². The van der Waals surface area contributed by atoms with Crippen molar-refractivity contribution in [2.45, 2.75) is 13.0 Å². The summed E-state index contributed by atoms with van der Waals surface area (Å²) < 4.78 is 24.1. The number of halogens is 1. The predicted molar refractivity (Wildman–Crippen MR) is 113 cm³/mol. The van der Waals surface area contributed by atoms with Crippen LogP contribution in [-0.4, -0.2) is 28.2 Å². The van der Waals surface area contributed by atoms with Gasteiger partial charge in [0, 0.05) is 17.8 Å². The molecule has 0 atom stereocenters. The van der Waals surface area contributed by atoms with Gasteiger partial charge in [-0.3, -0.25) is 4.98 Å². The van der Waals surface area contributed by atoms with Crippen LogP contribution in [0.25, 0.3) is 10.9 Å². The Morgan fingerprint density at radius 3 is 2.35 bits per heavy atom. The van der Waals surface area contributed by atoms with Gasteiger partial charge in [-0.2, -0.15) is 0 Å². The molecule has 0 aliphatic rings. The number of hydrogen-bond donors (Lipinski definition) is 1. The summed E-state index contributed by atoms with van der Waals surface area (Å²) in [6.07, 6.45) is 3.70. The van der Waals surface area contributed by atoms with Crippen LogP contribution in [0.5, 0.6) is 11.5 Å². The lowest BCUT2D eigenvalue weighted by Crippen LogP contribution is -2.07. The Labute approximate surface area is 177 Å². The molecule has 156 valence electrons. The molecule has 2 aromatic carbocycles. The van der Waals surface area contributed by atoms with E-state index in [0.717, 1.165) is 22.4 Å². The molecule has 0 spiro atoms. The second-order valence-electron chi connectivity index (χ2n) is 6.96. The maximum absolute atomic E-state index is 13.1. The Bertz CT molecular complexity index is 1230. The number of hydrogen-bond acceptors (Lipinski definition) is 5. The summed E-state index contributed by atoms with van der Waals surface area (Å²) in [5.74, 6) is -0.639. The third kappa shape index (κ3) is 4.61. The number of benzene rings is 2. The fourth-order valence-corrected chi connectivity index (χ4v) is 3.22. The topological polar surface area (TPSA) is 81.5 Å². The standard InChI is InChI=1S/C24H19FN2O4/c1-30-20-8-4-16(5-9-20)14-31-23-21-18(13-27-22(23)24(28)29)11-17(12-26-21)10-15-2-6-19(25)7-3-15/h2-9,11-13H,10,14H2,1H3,(H,28,29). The number of ether oxygens (including phenoxy) is 2. The molecule has 31 heavy (non-hydrogen) atoms. The van der Waals surface area contributed by atoms with E-state index in [-0.39, 0.29) is 23.9 Å². The molecule has 6 nitrogen and oxygen atoms in total. The van der Waals surface area contributed by atoms with E-state index in [1.165, 1.54) is 18.3 Å². The van der Waals surface area contributed by atoms with Gasteiger partial charge in [-0.25, -0.2) is 14.2 Å². The van der Waals surface area contributed by atoms with Gasteiger partial charge in [-0.05, 0) is 53.4 Å². The first-order valence-corrected chi connectivity index (χ1v) is 9.54. The van der Waals surface area contributed by atoms with Gasteiger partial charge >= 0.3 is 5.97 Å². The van der Waals surface area contributed by atoms with E-state index in [2.05, 4.69) is 9.97 Å². The number of methoxy groups -OCH3 is 1. The number of pyridine rings is 2. The summed E-state index contributed by atoms with van der Waals surface area (Å²) in [5.41, 5.74) is 2.91. The zero-order valence-corrected chi connectivity index (χ0v) is 16.7. The molecule has 0 unspecified atom stereocenters. The van der Waals surface area contributed by atoms with E-state index in [0.29, 0.717) is 17.3 Å². The van der Waals surface area contributed by atoms with Crippen molar-refractivity contribution in [2.75, 3.05) is 7.11 Å². The first kappa shape index (κ1) is 20.3. The van der Waals surface area contributed by atoms with Gasteiger partial charge in [0.25, 0.3) is 0 Å². The number of aromatic nitrogens is 2. The van der Waals surface area contributed by atoms with E-state index in [4.69, 9.17) is 9.47 Å². The molecule has 0 radical (unpaired) electrons. The first-order valence-electron chi connectivity index (χ1n) is 9.54. The van der Waals surface area contributed by atoms with E-state index in [9.17, 15) is 14.3 Å². The molecular weight excluding hydrogens is 399 g/mol. The van der Waals surface area contributed by atoms with E-state index in [1.807, 2.05) is 18.2 Å². The van der Waals surface area contributed by atoms with Crippen LogP contribution in [-0.2, 0) is 13.0 Å². The fraction of sp³-hybridized carbons (Fsp3) is 0.125. The number of aromatic carboxylic acids is 1. The van der Waals surface area contributed by atoms with Crippen molar-refractivity contribution in [3.63, 3.8) is 0 Å². The highest BCUT2D eigenvalue weighted by Gasteiger charge is 2.18. The van der Waals surface area contributed by atoms with Gasteiger partial charge in [0.15, 0.2) is 11.4 Å². The van der Waals surface area contributed by atoms with E-state index >= 15 is 0 Å². The fourth-order valence-electron chi connectivity index (χ4n) is 3.22. The Morgan fingerprint density at radius 1 is 0.968 bits per heavy atom. The van der Waals surface area contributed by atoms with Crippen LogP contribution < -0.4 is 9.47 Å². The lowest BCUT2D eigenvalue weighted by Gasteiger charge is -2.12. The molecule has 0 fully saturated rings. The van der Waals surface area contributed by atoms with Crippen LogP contribution in [0.15, 0.2) is 67.0 Å². The maximum Gasteiger partial charge on any atom is 0.358 e. The lowest BCUT2D eigenvalue weighted by molar-refractivity contribution is 0.0685. The van der Waals surface area contributed by atoms with Crippen LogP contribution in [0.1, 0.15) is 27.2 Å². The third-order valence-corrected chi connectivity index (χ3v) is 4.80. The number of carboxylic acid groups (broad SMARTS) is 1. The number of carbonyl (C=O) groups is 1. The third-order valence-electron chi connectivity index (χ3n) is 4.80. The monoisotopic (exact) mass is 418 g/mol. The van der Waals surface area contributed by atoms with Crippen molar-refractivity contribution >= 4 is 16.9 Å². The minimum Gasteiger partial charge on any atom is -0.497 e. The smallest absolute Gasteiger partial charge is 0.358 e. The summed E-state index contributed by atoms with van der Waals surface area (Å²) in [6.45, 7) is 0.157. The number of fused-ring (bicyclic) bond motifs is 1. The molecular formula is C24H19FN2O4. The molecule has 7 heteroatoms. The molecule has 0 saturated carbocycles. The zero-order valence-electron chi connectivity index (χ0n) is 16.7. The Hall–Kier alpha value is -4.00. The van der Waals surface area contributed by atoms with Gasteiger partial charge in [-0.1, -0.05) is 24.3 Å². The zero-order chi connectivity index (χ0) is 21.8. The van der Waals surface area contributed by atoms with Crippen LogP contribution >= 0.6 is 0 Å². The molecule has 0 bridgehead atoms. The second-order valence-corrected chi connectivity index (χ2v) is 6.96. The molecule has 4 aromatic rings. The minimum absolute atomic E-state index is 0.120. The number of rotatable bonds is 7. The van der Waals surface area contributed by atoms with Gasteiger partial charge in [0.2, 0.25) is 0 Å². The summed E-state index contributed by atoms with van der Waals surface area (Å²) in [7, 11) is 1.59. The van der Waals surface area contributed by atoms with Crippen molar-refractivity contribution in [2.24, 2.45) is 0 Å². The molecule has 0 aliphatic heterocycles. The van der Waals surface area contributed by atoms with Crippen LogP contribution in [0, 0.1) is 5.82 Å². The molecule has 4 rings (SSSR count). The Kier molecular flexibility index (Phi) is 5.75. The molecule has 2 aromatic heterocycles. The molecule has 0 aliphatic carbocycles. The van der Waals surface area contributed by atoms with E-state index < -0.39 is 5.97 Å². The number of carboxylic acids is 1. The molecule has 0 saturated heterocycles. The van der Waals surface area contributed by atoms with Crippen molar-refractivity contribution in [3.8, 4) is 11.5 Å². The largest absolute Gasteiger partial charge is 0.497 e. The maximum atomic E-state index is 13.1. The molecule has 2 heterocycles. The van der Waals surface area contributed by atoms with Gasteiger partial charge in [0.05, 0.1) is 7.11 Å². The van der Waals surface area contributed by atoms with Crippen molar-refractivity contribution < 1.29 is 23.8 Å². The lowest BCUT2D eigenvalue weighted by atomic mass is 10.0. The Morgan fingerprint density at radius 2 is 1.68 bits per heavy atom. The SMILES string of the molecule is COc1ccc(COc2c(C(=O)O)ncc3cc(Cc4ccc(F)cc4)cnc23)cc1. The highest BCUT2D eigenvalue weighted by molar-refractivity contribution is 5.96. The van der Waals surface area contributed by atoms with E-state index in [1.54, 1.807) is 37.6 Å². The Balaban J connectivity index is 1.63. The van der Waals surface area contributed by atoms with Crippen molar-refractivity contribution in [1.82, 2.24) is 9.97 Å². The highest BCUT2D eigenvalue weighted by atomic mass is 19.1. The summed E-state index contributed by atoms with van der Waals surface area (Å²) in [5, 5.41) is 10.2. The molecule has 1 N–H and O–H groups in total. The minimum atomic E-state index is -1.19. The molecule has 0 amide bonds. The van der Waals surface area contributed by atoms with Crippen LogP contribution in [0.2, 0.25) is 0 Å². The summed E-state index contributed by atoms with van der Waals surface area (Å²) >= 11 is 0. The predicted octanol–water partition coefficient (Wildman–Crippen LogP) is 4.65. The van der Waals surface area contributed by atoms with Gasteiger partial charge < -0.3 is 14.6 Å². The average Bonchev–Trinajstić information content (AvgIpc) is 2.79. The second kappa shape index (κ2) is 8.79. The van der Waals surface area contributed by atoms with Crippen molar-refractivity contribution in [1.29, 1.82) is 0 Å². The van der Waals surface area contributed by atoms with Gasteiger partial charge in [0.1, 0.15) is 23.7 Å². The summed E-state index contributed by atoms with van der Waals surface area (Å²) in [6, 6.07) is 15.4. The van der Waals surface area contributed by atoms with Crippen LogP contribution in [0.4, 0.5) is 4.39 Å². The number of nitrogens with zero attached hydrogens (tertiary/aromatic N) is 2. The quantitative estimate of drug-likeness (QED) is 0.471. The summed E-state index contributed by atoms with van der Waals surface area (Å²) in [4.78, 5) is 20.2. The van der Waals surface area contributed by atoms with Gasteiger partial charge in [-0.15, -0.1) is 0 Å². The first-order chi connectivity index (χ1) is 15.0. The highest BCUT2D eigenvalue weighted by Crippen LogP contribution is 2.29.